The van der Waals surface area contributed by atoms with Gasteiger partial charge in [0, 0.05) is 21.4 Å². The molecule has 0 saturated carbocycles. The quantitative estimate of drug-likeness (QED) is 0.309. The van der Waals surface area contributed by atoms with Crippen molar-refractivity contribution in [3.63, 3.8) is 0 Å². The average molecular weight is 583 g/mol. The first-order valence-electron chi connectivity index (χ1n) is 13.0. The maximum atomic E-state index is 12.1. The van der Waals surface area contributed by atoms with Crippen LogP contribution in [0.4, 0.5) is 9.59 Å². The molecule has 227 valence electrons. The number of methoxy groups -OCH3 is 2. The predicted octanol–water partition coefficient (Wildman–Crippen LogP) is 3.39. The Morgan fingerprint density at radius 2 is 1.14 bits per heavy atom. The highest BCUT2D eigenvalue weighted by Gasteiger charge is 2.41. The average Bonchev–Trinajstić information content (AvgIpc) is 3.58. The van der Waals surface area contributed by atoms with E-state index in [1.165, 1.54) is 24.0 Å². The number of benzene rings is 2. The second-order valence-electron chi connectivity index (χ2n) is 9.69. The van der Waals surface area contributed by atoms with Crippen molar-refractivity contribution in [2.75, 3.05) is 27.3 Å². The number of aliphatic hydroxyl groups is 1. The predicted molar refractivity (Wildman–Crippen MR) is 155 cm³/mol. The van der Waals surface area contributed by atoms with Gasteiger partial charge in [0.05, 0.1) is 26.9 Å². The first-order valence-corrected chi connectivity index (χ1v) is 13.0. The fraction of sp³-hybridized carbons (Fsp3) is 0.467. The molecule has 2 aliphatic heterocycles. The minimum absolute atomic E-state index is 0. The van der Waals surface area contributed by atoms with Crippen LogP contribution in [0.2, 0.25) is 0 Å². The number of rotatable bonds is 6. The Hall–Kier alpha value is -4.06. The highest BCUT2D eigenvalue weighted by atomic mass is 16.6. The standard InChI is InChI=1S/C15H19NO4.C14H17NO5.CH4.B/c1-11-8-13(14(17)19-2)16(9-11)15(18)20-10-12-6-4-3-5-7-12;1-19-13(17)12-7-11(16)8-15(12)14(18)20-9-10-5-3-2-4-6-10;;/h3-7,11,13H,8-10H2,1-2H3;2-6,11-12,16H,7-9H2,1H3;1H4;/t11-,13+;11-,12+;;/m11../s1. The van der Waals surface area contributed by atoms with Crippen LogP contribution < -0.4 is 0 Å². The molecule has 4 rings (SSSR count). The largest absolute Gasteiger partial charge is 0.467 e. The van der Waals surface area contributed by atoms with Crippen LogP contribution in [0.15, 0.2) is 60.7 Å². The molecule has 2 amide bonds. The van der Waals surface area contributed by atoms with Crippen molar-refractivity contribution < 1.29 is 43.2 Å². The first kappa shape index (κ1) is 36.0. The Bertz CT molecular complexity index is 1050. The Morgan fingerprint density at radius 3 is 1.57 bits per heavy atom. The van der Waals surface area contributed by atoms with E-state index in [9.17, 15) is 24.3 Å². The van der Waals surface area contributed by atoms with Crippen LogP contribution in [0.25, 0.3) is 0 Å². The second kappa shape index (κ2) is 17.7. The molecule has 0 spiro atoms. The number of carbonyl (C=O) groups is 4. The zero-order valence-electron chi connectivity index (χ0n) is 23.5. The van der Waals surface area contributed by atoms with Gasteiger partial charge in [0.2, 0.25) is 0 Å². The molecule has 1 N–H and O–H groups in total. The summed E-state index contributed by atoms with van der Waals surface area (Å²) in [6.45, 7) is 2.93. The van der Waals surface area contributed by atoms with Crippen molar-refractivity contribution in [2.45, 2.75) is 58.6 Å². The molecule has 4 atom stereocenters. The highest BCUT2D eigenvalue weighted by molar-refractivity contribution is 5.82. The van der Waals surface area contributed by atoms with Gasteiger partial charge in [-0.25, -0.2) is 19.2 Å². The van der Waals surface area contributed by atoms with Gasteiger partial charge >= 0.3 is 24.1 Å². The van der Waals surface area contributed by atoms with Crippen LogP contribution in [-0.2, 0) is 41.8 Å². The normalized spacial score (nSPS) is 20.6. The van der Waals surface area contributed by atoms with Crippen molar-refractivity contribution in [3.05, 3.63) is 71.8 Å². The van der Waals surface area contributed by atoms with Gasteiger partial charge in [-0.15, -0.1) is 0 Å². The minimum Gasteiger partial charge on any atom is -0.467 e. The summed E-state index contributed by atoms with van der Waals surface area (Å²) in [6, 6.07) is 17.4. The number of amides is 2. The monoisotopic (exact) mass is 583 g/mol. The summed E-state index contributed by atoms with van der Waals surface area (Å²) in [6.07, 6.45) is -1.03. The number of nitrogens with zero attached hydrogens (tertiary/aromatic N) is 2. The van der Waals surface area contributed by atoms with Crippen LogP contribution >= 0.6 is 0 Å². The van der Waals surface area contributed by atoms with Crippen molar-refractivity contribution in [2.24, 2.45) is 5.92 Å². The van der Waals surface area contributed by atoms with Crippen LogP contribution in [-0.4, -0.2) is 92.9 Å². The summed E-state index contributed by atoms with van der Waals surface area (Å²) in [5.74, 6) is -0.660. The van der Waals surface area contributed by atoms with Crippen LogP contribution in [0, 0.1) is 5.92 Å². The van der Waals surface area contributed by atoms with E-state index in [1.54, 1.807) is 0 Å². The summed E-state index contributed by atoms with van der Waals surface area (Å²) >= 11 is 0. The molecular formula is C30H40BN2O9. The lowest BCUT2D eigenvalue weighted by Gasteiger charge is -2.21. The molecule has 0 aromatic heterocycles. The van der Waals surface area contributed by atoms with Gasteiger partial charge in [-0.3, -0.25) is 9.80 Å². The molecule has 2 heterocycles. The van der Waals surface area contributed by atoms with Crippen molar-refractivity contribution >= 4 is 32.5 Å². The smallest absolute Gasteiger partial charge is 0.410 e. The molecular weight excluding hydrogens is 543 g/mol. The van der Waals surface area contributed by atoms with Crippen LogP contribution in [0.5, 0.6) is 0 Å². The molecule has 11 nitrogen and oxygen atoms in total. The third-order valence-corrected chi connectivity index (χ3v) is 6.62. The van der Waals surface area contributed by atoms with Crippen LogP contribution in [0.3, 0.4) is 0 Å². The molecule has 12 heteroatoms. The van der Waals surface area contributed by atoms with Crippen molar-refractivity contribution in [1.29, 1.82) is 0 Å². The number of β-amino-alcohol motifs (C(OH)–C–C–N with tert-alkyl or cyclic N) is 1. The number of likely N-dealkylation sites (tertiary alicyclic amines) is 2. The van der Waals surface area contributed by atoms with Gasteiger partial charge < -0.3 is 24.1 Å². The van der Waals surface area contributed by atoms with Gasteiger partial charge in [-0.05, 0) is 23.5 Å². The van der Waals surface area contributed by atoms with E-state index in [4.69, 9.17) is 14.2 Å². The van der Waals surface area contributed by atoms with E-state index in [1.807, 2.05) is 67.6 Å². The second-order valence-corrected chi connectivity index (χ2v) is 9.69. The SMILES string of the molecule is C.COC(=O)[C@@H]1C[C@@H](C)CN1C(=O)OCc1ccccc1.COC(=O)[C@@H]1C[C@@H](O)CN1C(=O)OCc1ccccc1.[B]. The molecule has 42 heavy (non-hydrogen) atoms. The lowest BCUT2D eigenvalue weighted by Crippen LogP contribution is -2.41. The van der Waals surface area contributed by atoms with E-state index in [2.05, 4.69) is 4.74 Å². The fourth-order valence-electron chi connectivity index (χ4n) is 4.59. The van der Waals surface area contributed by atoms with Gasteiger partial charge in [-0.2, -0.15) is 0 Å². The first-order chi connectivity index (χ1) is 19.2. The Kier molecular flexibility index (Phi) is 15.2. The summed E-state index contributed by atoms with van der Waals surface area (Å²) in [4.78, 5) is 50.0. The number of ether oxygens (including phenoxy) is 4. The Morgan fingerprint density at radius 1 is 0.738 bits per heavy atom. The van der Waals surface area contributed by atoms with Gasteiger partial charge in [0.25, 0.3) is 0 Å². The van der Waals surface area contributed by atoms with Crippen molar-refractivity contribution in [1.82, 2.24) is 9.80 Å². The Balaban J connectivity index is 0.000000401. The highest BCUT2D eigenvalue weighted by Crippen LogP contribution is 2.25. The third kappa shape index (κ3) is 10.1. The number of carbonyl (C=O) groups excluding carboxylic acids is 4. The maximum absolute atomic E-state index is 12.1. The van der Waals surface area contributed by atoms with Gasteiger partial charge in [-0.1, -0.05) is 75.0 Å². The molecule has 3 radical (unpaired) electrons. The number of hydrogen-bond acceptors (Lipinski definition) is 9. The van der Waals surface area contributed by atoms with Crippen molar-refractivity contribution in [3.8, 4) is 0 Å². The van der Waals surface area contributed by atoms with E-state index < -0.39 is 36.3 Å². The molecule has 0 aliphatic carbocycles. The molecule has 2 fully saturated rings. The fourth-order valence-corrected chi connectivity index (χ4v) is 4.59. The summed E-state index contributed by atoms with van der Waals surface area (Å²) in [5, 5.41) is 9.59. The summed E-state index contributed by atoms with van der Waals surface area (Å²) in [7, 11) is 2.58. The zero-order chi connectivity index (χ0) is 29.1. The maximum Gasteiger partial charge on any atom is 0.410 e. The van der Waals surface area contributed by atoms with E-state index in [0.717, 1.165) is 11.1 Å². The molecule has 2 aliphatic rings. The third-order valence-electron chi connectivity index (χ3n) is 6.62. The molecule has 2 aromatic carbocycles. The van der Waals surface area contributed by atoms with Gasteiger partial charge in [0.15, 0.2) is 0 Å². The van der Waals surface area contributed by atoms with Gasteiger partial charge in [0.1, 0.15) is 25.3 Å². The number of aliphatic hydroxyl groups excluding tert-OH is 1. The van der Waals surface area contributed by atoms with Crippen LogP contribution in [0.1, 0.15) is 38.3 Å². The zero-order valence-corrected chi connectivity index (χ0v) is 23.5. The lowest BCUT2D eigenvalue weighted by atomic mass is 10.1. The van der Waals surface area contributed by atoms with E-state index >= 15 is 0 Å². The van der Waals surface area contributed by atoms with E-state index in [0.29, 0.717) is 13.0 Å². The number of esters is 2. The topological polar surface area (TPSA) is 132 Å². The molecule has 0 unspecified atom stereocenters. The molecule has 0 bridgehead atoms. The van der Waals surface area contributed by atoms with E-state index in [-0.39, 0.29) is 53.9 Å². The Labute approximate surface area is 249 Å². The molecule has 2 saturated heterocycles. The molecule has 2 aromatic rings. The lowest BCUT2D eigenvalue weighted by molar-refractivity contribution is -0.146. The summed E-state index contributed by atoms with van der Waals surface area (Å²) < 4.78 is 19.8. The number of hydrogen-bond donors (Lipinski definition) is 1. The summed E-state index contributed by atoms with van der Waals surface area (Å²) in [5.41, 5.74) is 1.78. The minimum atomic E-state index is -0.779.